The van der Waals surface area contributed by atoms with E-state index < -0.39 is 12.1 Å². The van der Waals surface area contributed by atoms with E-state index >= 15 is 0 Å². The van der Waals surface area contributed by atoms with Crippen LogP contribution in [0.3, 0.4) is 0 Å². The summed E-state index contributed by atoms with van der Waals surface area (Å²) in [4.78, 5) is 0. The van der Waals surface area contributed by atoms with Gasteiger partial charge in [-0.15, -0.1) is 0 Å². The summed E-state index contributed by atoms with van der Waals surface area (Å²) in [6.07, 6.45) is 2.20. The SMILES string of the molecule is CCCC[C@H](O)[C@H](N)c1cc(Br)ccc1Cl. The lowest BCUT2D eigenvalue weighted by Gasteiger charge is -2.20. The molecule has 0 bridgehead atoms. The van der Waals surface area contributed by atoms with Crippen molar-refractivity contribution in [2.75, 3.05) is 0 Å². The molecule has 1 rings (SSSR count). The molecule has 1 aromatic carbocycles. The Morgan fingerprint density at radius 3 is 2.81 bits per heavy atom. The quantitative estimate of drug-likeness (QED) is 0.872. The minimum absolute atomic E-state index is 0.420. The van der Waals surface area contributed by atoms with E-state index in [1.165, 1.54) is 0 Å². The zero-order valence-corrected chi connectivity index (χ0v) is 11.6. The molecule has 2 atom stereocenters. The molecule has 1 aromatic rings. The fourth-order valence-electron chi connectivity index (χ4n) is 1.57. The number of nitrogens with two attached hydrogens (primary N) is 1. The Hall–Kier alpha value is -0.0900. The van der Waals surface area contributed by atoms with Crippen LogP contribution in [-0.4, -0.2) is 11.2 Å². The second kappa shape index (κ2) is 6.60. The van der Waals surface area contributed by atoms with E-state index in [-0.39, 0.29) is 0 Å². The smallest absolute Gasteiger partial charge is 0.0733 e. The van der Waals surface area contributed by atoms with Crippen LogP contribution in [0.15, 0.2) is 22.7 Å². The fraction of sp³-hybridized carbons (Fsp3) is 0.500. The van der Waals surface area contributed by atoms with Crippen molar-refractivity contribution in [3.63, 3.8) is 0 Å². The summed E-state index contributed by atoms with van der Waals surface area (Å²) in [5.74, 6) is 0. The summed E-state index contributed by atoms with van der Waals surface area (Å²) in [5, 5.41) is 10.5. The van der Waals surface area contributed by atoms with Crippen LogP contribution in [0.1, 0.15) is 37.8 Å². The third-order valence-electron chi connectivity index (χ3n) is 2.59. The van der Waals surface area contributed by atoms with Crippen LogP contribution in [0.2, 0.25) is 5.02 Å². The molecule has 0 heterocycles. The van der Waals surface area contributed by atoms with E-state index in [4.69, 9.17) is 17.3 Å². The van der Waals surface area contributed by atoms with Crippen molar-refractivity contribution in [1.82, 2.24) is 0 Å². The molecular formula is C12H17BrClNO. The van der Waals surface area contributed by atoms with E-state index in [0.29, 0.717) is 11.4 Å². The number of halogens is 2. The van der Waals surface area contributed by atoms with Crippen LogP contribution in [0.25, 0.3) is 0 Å². The number of rotatable bonds is 5. The van der Waals surface area contributed by atoms with Crippen LogP contribution in [-0.2, 0) is 0 Å². The highest BCUT2D eigenvalue weighted by molar-refractivity contribution is 9.10. The maximum Gasteiger partial charge on any atom is 0.0733 e. The Morgan fingerprint density at radius 2 is 2.19 bits per heavy atom. The molecule has 0 aromatic heterocycles. The first-order valence-corrected chi connectivity index (χ1v) is 6.62. The maximum absolute atomic E-state index is 9.92. The molecule has 0 aliphatic heterocycles. The van der Waals surface area contributed by atoms with Gasteiger partial charge in [-0.05, 0) is 30.2 Å². The molecule has 0 aliphatic rings. The molecule has 16 heavy (non-hydrogen) atoms. The van der Waals surface area contributed by atoms with Gasteiger partial charge in [0.2, 0.25) is 0 Å². The van der Waals surface area contributed by atoms with Gasteiger partial charge >= 0.3 is 0 Å². The summed E-state index contributed by atoms with van der Waals surface area (Å²) in [5.41, 5.74) is 6.79. The molecule has 0 saturated heterocycles. The topological polar surface area (TPSA) is 46.2 Å². The van der Waals surface area contributed by atoms with Gasteiger partial charge in [0.15, 0.2) is 0 Å². The number of hydrogen-bond acceptors (Lipinski definition) is 2. The molecule has 0 fully saturated rings. The highest BCUT2D eigenvalue weighted by atomic mass is 79.9. The average Bonchev–Trinajstić information content (AvgIpc) is 2.28. The van der Waals surface area contributed by atoms with E-state index in [9.17, 15) is 5.11 Å². The molecular weight excluding hydrogens is 289 g/mol. The average molecular weight is 307 g/mol. The Kier molecular flexibility index (Phi) is 5.76. The Labute approximate surface area is 110 Å². The summed E-state index contributed by atoms with van der Waals surface area (Å²) < 4.78 is 0.921. The molecule has 0 saturated carbocycles. The number of benzene rings is 1. The van der Waals surface area contributed by atoms with Crippen molar-refractivity contribution in [3.8, 4) is 0 Å². The molecule has 90 valence electrons. The number of hydrogen-bond donors (Lipinski definition) is 2. The van der Waals surface area contributed by atoms with Gasteiger partial charge < -0.3 is 10.8 Å². The third kappa shape index (κ3) is 3.74. The third-order valence-corrected chi connectivity index (χ3v) is 3.42. The van der Waals surface area contributed by atoms with Crippen molar-refractivity contribution >= 4 is 27.5 Å². The van der Waals surface area contributed by atoms with Crippen molar-refractivity contribution in [3.05, 3.63) is 33.3 Å². The summed E-state index contributed by atoms with van der Waals surface area (Å²) in [6.45, 7) is 2.09. The predicted molar refractivity (Wildman–Crippen MR) is 71.6 cm³/mol. The Morgan fingerprint density at radius 1 is 1.50 bits per heavy atom. The largest absolute Gasteiger partial charge is 0.391 e. The Bertz CT molecular complexity index is 346. The van der Waals surface area contributed by atoms with Gasteiger partial charge in [0.05, 0.1) is 12.1 Å². The zero-order chi connectivity index (χ0) is 12.1. The van der Waals surface area contributed by atoms with Gasteiger partial charge in [-0.1, -0.05) is 47.3 Å². The van der Waals surface area contributed by atoms with Crippen molar-refractivity contribution in [1.29, 1.82) is 0 Å². The second-order valence-electron chi connectivity index (χ2n) is 3.90. The first-order chi connectivity index (χ1) is 7.56. The van der Waals surface area contributed by atoms with Crippen molar-refractivity contribution in [2.45, 2.75) is 38.3 Å². The lowest BCUT2D eigenvalue weighted by molar-refractivity contribution is 0.132. The number of aliphatic hydroxyl groups is 1. The first kappa shape index (κ1) is 14.0. The lowest BCUT2D eigenvalue weighted by atomic mass is 9.98. The Balaban J connectivity index is 2.78. The zero-order valence-electron chi connectivity index (χ0n) is 9.29. The number of unbranched alkanes of at least 4 members (excludes halogenated alkanes) is 1. The van der Waals surface area contributed by atoms with Gasteiger partial charge in [0, 0.05) is 9.50 Å². The summed E-state index contributed by atoms with van der Waals surface area (Å²) >= 11 is 9.43. The van der Waals surface area contributed by atoms with Crippen LogP contribution < -0.4 is 5.73 Å². The highest BCUT2D eigenvalue weighted by Gasteiger charge is 2.18. The lowest BCUT2D eigenvalue weighted by Crippen LogP contribution is -2.26. The monoisotopic (exact) mass is 305 g/mol. The van der Waals surface area contributed by atoms with Crippen LogP contribution in [0.4, 0.5) is 0 Å². The van der Waals surface area contributed by atoms with E-state index in [2.05, 4.69) is 22.9 Å². The van der Waals surface area contributed by atoms with Crippen molar-refractivity contribution in [2.24, 2.45) is 5.73 Å². The van der Waals surface area contributed by atoms with Crippen LogP contribution in [0.5, 0.6) is 0 Å². The number of aliphatic hydroxyl groups excluding tert-OH is 1. The van der Waals surface area contributed by atoms with Crippen LogP contribution >= 0.6 is 27.5 Å². The van der Waals surface area contributed by atoms with Crippen LogP contribution in [0, 0.1) is 0 Å². The molecule has 4 heteroatoms. The van der Waals surface area contributed by atoms with E-state index in [0.717, 1.165) is 22.9 Å². The molecule has 0 radical (unpaired) electrons. The second-order valence-corrected chi connectivity index (χ2v) is 5.22. The van der Waals surface area contributed by atoms with E-state index in [1.54, 1.807) is 6.07 Å². The van der Waals surface area contributed by atoms with Gasteiger partial charge in [-0.2, -0.15) is 0 Å². The molecule has 0 unspecified atom stereocenters. The van der Waals surface area contributed by atoms with Gasteiger partial charge in [0.25, 0.3) is 0 Å². The standard InChI is InChI=1S/C12H17BrClNO/c1-2-3-4-11(16)12(15)9-7-8(13)5-6-10(9)14/h5-7,11-12,16H,2-4,15H2,1H3/t11-,12+/m0/s1. The molecule has 0 spiro atoms. The molecule has 3 N–H and O–H groups in total. The van der Waals surface area contributed by atoms with E-state index in [1.807, 2.05) is 12.1 Å². The highest BCUT2D eigenvalue weighted by Crippen LogP contribution is 2.28. The molecule has 0 aliphatic carbocycles. The summed E-state index contributed by atoms with van der Waals surface area (Å²) in [7, 11) is 0. The first-order valence-electron chi connectivity index (χ1n) is 5.44. The summed E-state index contributed by atoms with van der Waals surface area (Å²) in [6, 6.07) is 5.09. The fourth-order valence-corrected chi connectivity index (χ4v) is 2.19. The minimum Gasteiger partial charge on any atom is -0.391 e. The minimum atomic E-state index is -0.535. The molecule has 2 nitrogen and oxygen atoms in total. The van der Waals surface area contributed by atoms with Gasteiger partial charge in [0.1, 0.15) is 0 Å². The van der Waals surface area contributed by atoms with Gasteiger partial charge in [-0.3, -0.25) is 0 Å². The van der Waals surface area contributed by atoms with Crippen molar-refractivity contribution < 1.29 is 5.11 Å². The maximum atomic E-state index is 9.92. The predicted octanol–water partition coefficient (Wildman–Crippen LogP) is 3.65. The van der Waals surface area contributed by atoms with Gasteiger partial charge in [-0.25, -0.2) is 0 Å². The normalized spacial score (nSPS) is 14.8. The molecule has 0 amide bonds.